The number of piperidine rings is 1. The van der Waals surface area contributed by atoms with Crippen LogP contribution < -0.4 is 0 Å². The van der Waals surface area contributed by atoms with Gasteiger partial charge < -0.3 is 9.47 Å². The summed E-state index contributed by atoms with van der Waals surface area (Å²) in [5, 5.41) is 0.0774. The third kappa shape index (κ3) is 3.28. The first kappa shape index (κ1) is 16.4. The Morgan fingerprint density at radius 3 is 2.65 bits per heavy atom. The van der Waals surface area contributed by atoms with Gasteiger partial charge in [0.05, 0.1) is 12.2 Å². The summed E-state index contributed by atoms with van der Waals surface area (Å²) < 4.78 is 28.6. The van der Waals surface area contributed by atoms with Gasteiger partial charge in [-0.25, -0.2) is 13.4 Å². The van der Waals surface area contributed by atoms with E-state index in [-0.39, 0.29) is 23.4 Å². The number of imidazole rings is 1. The molecule has 2 aliphatic rings. The van der Waals surface area contributed by atoms with Crippen molar-refractivity contribution in [2.75, 3.05) is 26.2 Å². The maximum absolute atomic E-state index is 12.7. The third-order valence-corrected chi connectivity index (χ3v) is 6.48. The first-order chi connectivity index (χ1) is 11.0. The Morgan fingerprint density at radius 2 is 2.00 bits per heavy atom. The van der Waals surface area contributed by atoms with E-state index >= 15 is 0 Å². The van der Waals surface area contributed by atoms with E-state index in [1.165, 1.54) is 10.6 Å². The summed E-state index contributed by atoms with van der Waals surface area (Å²) in [5.74, 6) is -0.105. The molecular formula is C15H24N4O3S. The first-order valence-corrected chi connectivity index (χ1v) is 9.77. The maximum atomic E-state index is 12.7. The smallest absolute Gasteiger partial charge is 0.262 e. The number of carbonyl (C=O) groups excluding carboxylic acids is 1. The van der Waals surface area contributed by atoms with Crippen LogP contribution in [0.15, 0.2) is 17.6 Å². The van der Waals surface area contributed by atoms with E-state index in [9.17, 15) is 13.2 Å². The van der Waals surface area contributed by atoms with Gasteiger partial charge in [-0.1, -0.05) is 0 Å². The molecule has 0 spiro atoms. The molecular weight excluding hydrogens is 316 g/mol. The molecule has 1 aromatic heterocycles. The van der Waals surface area contributed by atoms with Crippen LogP contribution in [0, 0.1) is 5.92 Å². The van der Waals surface area contributed by atoms with Crippen LogP contribution in [0.25, 0.3) is 0 Å². The Balaban J connectivity index is 1.73. The number of rotatable bonds is 4. The monoisotopic (exact) mass is 340 g/mol. The highest BCUT2D eigenvalue weighted by Gasteiger charge is 2.36. The van der Waals surface area contributed by atoms with E-state index in [1.54, 1.807) is 10.8 Å². The van der Waals surface area contributed by atoms with E-state index in [4.69, 9.17) is 0 Å². The van der Waals surface area contributed by atoms with Crippen molar-refractivity contribution < 1.29 is 13.2 Å². The zero-order chi connectivity index (χ0) is 16.4. The van der Waals surface area contributed by atoms with Gasteiger partial charge in [-0.15, -0.1) is 0 Å². The molecule has 0 bridgehead atoms. The molecule has 1 aromatic rings. The highest BCUT2D eigenvalue weighted by molar-refractivity contribution is 7.89. The summed E-state index contributed by atoms with van der Waals surface area (Å²) in [7, 11) is -3.61. The number of carbonyl (C=O) groups is 1. The zero-order valence-electron chi connectivity index (χ0n) is 13.5. The number of likely N-dealkylation sites (tertiary alicyclic amines) is 1. The highest BCUT2D eigenvalue weighted by Crippen LogP contribution is 2.25. The zero-order valence-corrected chi connectivity index (χ0v) is 14.3. The molecule has 2 aliphatic heterocycles. The van der Waals surface area contributed by atoms with Gasteiger partial charge in [0.1, 0.15) is 0 Å². The van der Waals surface area contributed by atoms with Crippen LogP contribution >= 0.6 is 0 Å². The fraction of sp³-hybridized carbons (Fsp3) is 0.733. The van der Waals surface area contributed by atoms with Crippen molar-refractivity contribution in [1.82, 2.24) is 18.8 Å². The van der Waals surface area contributed by atoms with E-state index in [1.807, 2.05) is 11.8 Å². The van der Waals surface area contributed by atoms with Gasteiger partial charge in [0.25, 0.3) is 10.0 Å². The molecule has 0 saturated carbocycles. The van der Waals surface area contributed by atoms with E-state index in [2.05, 4.69) is 4.98 Å². The van der Waals surface area contributed by atoms with Crippen LogP contribution in [-0.4, -0.2) is 59.3 Å². The summed E-state index contributed by atoms with van der Waals surface area (Å²) in [5.41, 5.74) is 0. The summed E-state index contributed by atoms with van der Waals surface area (Å²) in [6.07, 6.45) is 6.68. The Kier molecular flexibility index (Phi) is 4.72. The molecule has 23 heavy (non-hydrogen) atoms. The van der Waals surface area contributed by atoms with Gasteiger partial charge in [0, 0.05) is 38.9 Å². The van der Waals surface area contributed by atoms with Crippen molar-refractivity contribution >= 4 is 15.9 Å². The summed E-state index contributed by atoms with van der Waals surface area (Å²) in [6, 6.07) is 0. The van der Waals surface area contributed by atoms with E-state index < -0.39 is 10.0 Å². The Hall–Kier alpha value is -1.41. The van der Waals surface area contributed by atoms with Crippen LogP contribution in [0.5, 0.6) is 0 Å². The van der Waals surface area contributed by atoms with Crippen molar-refractivity contribution in [2.24, 2.45) is 5.92 Å². The largest absolute Gasteiger partial charge is 0.342 e. The third-order valence-electron chi connectivity index (χ3n) is 4.73. The molecule has 8 heteroatoms. The molecule has 1 atom stereocenters. The van der Waals surface area contributed by atoms with Gasteiger partial charge in [-0.05, 0) is 32.6 Å². The lowest BCUT2D eigenvalue weighted by molar-refractivity contribution is -0.135. The molecule has 128 valence electrons. The summed E-state index contributed by atoms with van der Waals surface area (Å²) >= 11 is 0. The maximum Gasteiger partial charge on any atom is 0.262 e. The predicted octanol–water partition coefficient (Wildman–Crippen LogP) is 0.926. The molecule has 0 unspecified atom stereocenters. The van der Waals surface area contributed by atoms with Crippen LogP contribution in [0.3, 0.4) is 0 Å². The number of hydrogen-bond donors (Lipinski definition) is 0. The number of hydrogen-bond acceptors (Lipinski definition) is 4. The molecule has 3 rings (SSSR count). The number of aryl methyl sites for hydroxylation is 1. The van der Waals surface area contributed by atoms with Crippen LogP contribution in [0.2, 0.25) is 0 Å². The summed E-state index contributed by atoms with van der Waals surface area (Å²) in [4.78, 5) is 18.4. The highest BCUT2D eigenvalue weighted by atomic mass is 32.2. The fourth-order valence-electron chi connectivity index (χ4n) is 3.34. The second-order valence-electron chi connectivity index (χ2n) is 6.28. The molecule has 0 N–H and O–H groups in total. The Labute approximate surface area is 137 Å². The molecule has 0 radical (unpaired) electrons. The normalized spacial score (nSPS) is 23.3. The van der Waals surface area contributed by atoms with Gasteiger partial charge in [-0.3, -0.25) is 4.79 Å². The van der Waals surface area contributed by atoms with Crippen LogP contribution in [0.1, 0.15) is 32.6 Å². The van der Waals surface area contributed by atoms with Gasteiger partial charge in [-0.2, -0.15) is 4.31 Å². The van der Waals surface area contributed by atoms with Crippen molar-refractivity contribution in [3.8, 4) is 0 Å². The second-order valence-corrected chi connectivity index (χ2v) is 8.16. The first-order valence-electron chi connectivity index (χ1n) is 8.33. The fourth-order valence-corrected chi connectivity index (χ4v) is 4.80. The Bertz CT molecular complexity index is 664. The van der Waals surface area contributed by atoms with E-state index in [0.717, 1.165) is 38.8 Å². The van der Waals surface area contributed by atoms with Crippen molar-refractivity contribution in [3.63, 3.8) is 0 Å². The average Bonchev–Trinajstić information content (AvgIpc) is 3.25. The number of nitrogens with zero attached hydrogens (tertiary/aromatic N) is 4. The predicted molar refractivity (Wildman–Crippen MR) is 85.2 cm³/mol. The molecule has 3 heterocycles. The van der Waals surface area contributed by atoms with E-state index in [0.29, 0.717) is 13.1 Å². The standard InChI is InChI=1S/C15H24N4O3S/c1-2-17-11-14(16-12-17)23(21,22)19-9-5-6-13(10-19)15(20)18-7-3-4-8-18/h11-13H,2-10H2,1H3/t13-/m1/s1. The number of aromatic nitrogens is 2. The average molecular weight is 340 g/mol. The van der Waals surface area contributed by atoms with Gasteiger partial charge in [0.2, 0.25) is 5.91 Å². The molecule has 2 saturated heterocycles. The second kappa shape index (κ2) is 6.60. The quantitative estimate of drug-likeness (QED) is 0.817. The lowest BCUT2D eigenvalue weighted by Gasteiger charge is -2.32. The summed E-state index contributed by atoms with van der Waals surface area (Å²) in [6.45, 7) is 4.97. The molecule has 7 nitrogen and oxygen atoms in total. The molecule has 0 aromatic carbocycles. The topological polar surface area (TPSA) is 75.5 Å². The minimum atomic E-state index is -3.61. The Morgan fingerprint density at radius 1 is 1.26 bits per heavy atom. The van der Waals surface area contributed by atoms with Crippen LogP contribution in [0.4, 0.5) is 0 Å². The van der Waals surface area contributed by atoms with Gasteiger partial charge in [0.15, 0.2) is 5.03 Å². The van der Waals surface area contributed by atoms with Crippen molar-refractivity contribution in [2.45, 2.75) is 44.2 Å². The minimum absolute atomic E-state index is 0.0774. The molecule has 2 fully saturated rings. The SMILES string of the molecule is CCn1cnc(S(=O)(=O)N2CCC[C@@H](C(=O)N3CCCC3)C2)c1. The van der Waals surface area contributed by atoms with Crippen LogP contribution in [-0.2, 0) is 21.4 Å². The lowest BCUT2D eigenvalue weighted by atomic mass is 9.98. The number of sulfonamides is 1. The molecule has 1 amide bonds. The van der Waals surface area contributed by atoms with Crippen molar-refractivity contribution in [3.05, 3.63) is 12.5 Å². The molecule has 0 aliphatic carbocycles. The van der Waals surface area contributed by atoms with Gasteiger partial charge >= 0.3 is 0 Å². The van der Waals surface area contributed by atoms with Crippen molar-refractivity contribution in [1.29, 1.82) is 0 Å². The minimum Gasteiger partial charge on any atom is -0.342 e. The lowest BCUT2D eigenvalue weighted by Crippen LogP contribution is -2.46. The number of amides is 1.